The summed E-state index contributed by atoms with van der Waals surface area (Å²) in [5.41, 5.74) is 3.32. The van der Waals surface area contributed by atoms with Gasteiger partial charge in [0.25, 0.3) is 0 Å². The zero-order valence-corrected chi connectivity index (χ0v) is 13.7. The zero-order valence-electron chi connectivity index (χ0n) is 11.3. The number of aliphatic imine (C=N–C) groups is 1. The second-order valence-electron chi connectivity index (χ2n) is 5.07. The van der Waals surface area contributed by atoms with Gasteiger partial charge in [0.05, 0.1) is 12.2 Å². The van der Waals surface area contributed by atoms with Crippen LogP contribution in [-0.2, 0) is 11.3 Å². The molecule has 2 atom stereocenters. The third-order valence-corrected chi connectivity index (χ3v) is 5.89. The van der Waals surface area contributed by atoms with E-state index in [0.29, 0.717) is 6.54 Å². The number of benzene rings is 1. The molecule has 0 N–H and O–H groups in total. The van der Waals surface area contributed by atoms with Crippen molar-refractivity contribution < 1.29 is 4.79 Å². The number of hydrogen-bond donors (Lipinski definition) is 0. The van der Waals surface area contributed by atoms with E-state index in [1.165, 1.54) is 5.56 Å². The van der Waals surface area contributed by atoms with Gasteiger partial charge in [-0.25, -0.2) is 0 Å². The molecule has 2 saturated heterocycles. The highest BCUT2D eigenvalue weighted by molar-refractivity contribution is 9.10. The molecule has 2 aliphatic rings. The second-order valence-corrected chi connectivity index (χ2v) is 7.17. The summed E-state index contributed by atoms with van der Waals surface area (Å²) in [5, 5.41) is 1.15. The molecule has 0 unspecified atom stereocenters. The van der Waals surface area contributed by atoms with Gasteiger partial charge in [-0.3, -0.25) is 14.7 Å². The minimum absolute atomic E-state index is 0.0775. The van der Waals surface area contributed by atoms with E-state index in [-0.39, 0.29) is 16.1 Å². The topological polar surface area (TPSA) is 32.7 Å². The lowest BCUT2D eigenvalue weighted by Crippen LogP contribution is -2.56. The number of alkyl halides is 1. The third-order valence-electron chi connectivity index (χ3n) is 3.38. The van der Waals surface area contributed by atoms with Gasteiger partial charge in [-0.1, -0.05) is 58.0 Å². The number of β-lactam (4-membered cyclic amide) rings is 1. The Morgan fingerprint density at radius 3 is 2.70 bits per heavy atom. The quantitative estimate of drug-likeness (QED) is 0.603. The molecule has 2 aliphatic heterocycles. The highest BCUT2D eigenvalue weighted by Crippen LogP contribution is 2.47. The molecule has 0 saturated carbocycles. The van der Waals surface area contributed by atoms with Crippen LogP contribution in [0.1, 0.15) is 19.4 Å². The molecule has 0 aliphatic carbocycles. The van der Waals surface area contributed by atoms with Gasteiger partial charge in [-0.05, 0) is 25.0 Å². The summed E-state index contributed by atoms with van der Waals surface area (Å²) in [6, 6.07) is 10.2. The highest BCUT2D eigenvalue weighted by Gasteiger charge is 2.54. The molecule has 0 spiro atoms. The van der Waals surface area contributed by atoms with E-state index in [1.54, 1.807) is 11.8 Å². The molecule has 0 radical (unpaired) electrons. The SMILES string of the molecule is CC(C)=C1/C(=N/Cc2ccccc2)S[C@@H]2[C@@H](Br)C(=O)N12. The van der Waals surface area contributed by atoms with E-state index < -0.39 is 0 Å². The molecular weight excluding hydrogens is 336 g/mol. The number of carbonyl (C=O) groups excluding carboxylic acids is 1. The van der Waals surface area contributed by atoms with E-state index in [4.69, 9.17) is 4.99 Å². The molecule has 20 heavy (non-hydrogen) atoms. The first-order chi connectivity index (χ1) is 9.59. The predicted molar refractivity (Wildman–Crippen MR) is 86.9 cm³/mol. The number of amides is 1. The first-order valence-electron chi connectivity index (χ1n) is 6.49. The molecule has 0 aromatic heterocycles. The Balaban J connectivity index is 1.86. The van der Waals surface area contributed by atoms with Gasteiger partial charge in [-0.15, -0.1) is 0 Å². The number of nitrogens with zero attached hydrogens (tertiary/aromatic N) is 2. The minimum atomic E-state index is -0.0775. The van der Waals surface area contributed by atoms with Crippen LogP contribution in [0, 0.1) is 0 Å². The highest BCUT2D eigenvalue weighted by atomic mass is 79.9. The van der Waals surface area contributed by atoms with Gasteiger partial charge >= 0.3 is 0 Å². The smallest absolute Gasteiger partial charge is 0.244 e. The fourth-order valence-corrected chi connectivity index (χ4v) is 4.48. The van der Waals surface area contributed by atoms with Crippen molar-refractivity contribution in [3.05, 3.63) is 47.2 Å². The summed E-state index contributed by atoms with van der Waals surface area (Å²) < 4.78 is 0. The Kier molecular flexibility index (Phi) is 3.73. The van der Waals surface area contributed by atoms with E-state index in [2.05, 4.69) is 28.1 Å². The maximum atomic E-state index is 12.0. The van der Waals surface area contributed by atoms with Crippen molar-refractivity contribution in [1.82, 2.24) is 4.90 Å². The molecule has 1 aromatic rings. The summed E-state index contributed by atoms with van der Waals surface area (Å²) in [7, 11) is 0. The second kappa shape index (κ2) is 5.37. The van der Waals surface area contributed by atoms with Gasteiger partial charge in [0.2, 0.25) is 5.91 Å². The van der Waals surface area contributed by atoms with Gasteiger partial charge in [-0.2, -0.15) is 0 Å². The number of halogens is 1. The molecule has 5 heteroatoms. The number of allylic oxidation sites excluding steroid dienone is 1. The van der Waals surface area contributed by atoms with Crippen LogP contribution < -0.4 is 0 Å². The maximum Gasteiger partial charge on any atom is 0.244 e. The van der Waals surface area contributed by atoms with Crippen LogP contribution in [0.3, 0.4) is 0 Å². The van der Waals surface area contributed by atoms with E-state index in [9.17, 15) is 4.79 Å². The molecule has 104 valence electrons. The van der Waals surface area contributed by atoms with Crippen molar-refractivity contribution >= 4 is 38.6 Å². The van der Waals surface area contributed by atoms with Gasteiger partial charge < -0.3 is 0 Å². The van der Waals surface area contributed by atoms with Crippen LogP contribution in [0.5, 0.6) is 0 Å². The molecule has 3 nitrogen and oxygen atoms in total. The fourth-order valence-electron chi connectivity index (χ4n) is 2.37. The summed E-state index contributed by atoms with van der Waals surface area (Å²) in [6.07, 6.45) is 0. The molecule has 2 heterocycles. The molecular formula is C15H15BrN2OS. The monoisotopic (exact) mass is 350 g/mol. The maximum absolute atomic E-state index is 12.0. The summed E-state index contributed by atoms with van der Waals surface area (Å²) in [6.45, 7) is 4.72. The Bertz CT molecular complexity index is 608. The molecule has 0 bridgehead atoms. The van der Waals surface area contributed by atoms with Crippen molar-refractivity contribution in [2.75, 3.05) is 0 Å². The van der Waals surface area contributed by atoms with Crippen LogP contribution in [0.15, 0.2) is 46.6 Å². The van der Waals surface area contributed by atoms with Gasteiger partial charge in [0.1, 0.15) is 15.2 Å². The fraction of sp³-hybridized carbons (Fsp3) is 0.333. The first-order valence-corrected chi connectivity index (χ1v) is 8.29. The minimum Gasteiger partial charge on any atom is -0.294 e. The van der Waals surface area contributed by atoms with Crippen molar-refractivity contribution in [3.63, 3.8) is 0 Å². The van der Waals surface area contributed by atoms with Crippen LogP contribution >= 0.6 is 27.7 Å². The van der Waals surface area contributed by atoms with Crippen LogP contribution in [0.25, 0.3) is 0 Å². The summed E-state index contributed by atoms with van der Waals surface area (Å²) in [5.74, 6) is 0.142. The normalized spacial score (nSPS) is 26.8. The molecule has 2 fully saturated rings. The van der Waals surface area contributed by atoms with Gasteiger partial charge in [0.15, 0.2) is 0 Å². The van der Waals surface area contributed by atoms with E-state index in [0.717, 1.165) is 16.3 Å². The standard InChI is InChI=1S/C15H15BrN2OS/c1-9(2)12-13(17-8-10-6-4-3-5-7-10)20-15-11(16)14(19)18(12)15/h3-7,11,15H,8H2,1-2H3/b17-13-/t11-,15+/m0/s1. The Hall–Kier alpha value is -1.07. The van der Waals surface area contributed by atoms with E-state index in [1.807, 2.05) is 36.9 Å². The number of hydrogen-bond acceptors (Lipinski definition) is 3. The van der Waals surface area contributed by atoms with Crippen molar-refractivity contribution in [3.8, 4) is 0 Å². The van der Waals surface area contributed by atoms with Crippen molar-refractivity contribution in [2.45, 2.75) is 30.6 Å². The number of carbonyl (C=O) groups is 1. The largest absolute Gasteiger partial charge is 0.294 e. The average molecular weight is 351 g/mol. The van der Waals surface area contributed by atoms with Crippen LogP contribution in [0.4, 0.5) is 0 Å². The van der Waals surface area contributed by atoms with Crippen molar-refractivity contribution in [2.24, 2.45) is 4.99 Å². The Morgan fingerprint density at radius 2 is 2.05 bits per heavy atom. The average Bonchev–Trinajstić information content (AvgIpc) is 2.82. The summed E-state index contributed by atoms with van der Waals surface area (Å²) >= 11 is 5.12. The van der Waals surface area contributed by atoms with E-state index >= 15 is 0 Å². The number of thioether (sulfide) groups is 1. The lowest BCUT2D eigenvalue weighted by Gasteiger charge is -2.38. The Morgan fingerprint density at radius 1 is 1.35 bits per heavy atom. The zero-order chi connectivity index (χ0) is 14.3. The lowest BCUT2D eigenvalue weighted by atomic mass is 10.1. The Labute approximate surface area is 131 Å². The molecule has 1 amide bonds. The van der Waals surface area contributed by atoms with Gasteiger partial charge in [0, 0.05) is 0 Å². The third kappa shape index (κ3) is 2.23. The van der Waals surface area contributed by atoms with Crippen molar-refractivity contribution in [1.29, 1.82) is 0 Å². The first kappa shape index (κ1) is 13.9. The molecule has 1 aromatic carbocycles. The number of rotatable bonds is 2. The van der Waals surface area contributed by atoms with Crippen LogP contribution in [0.2, 0.25) is 0 Å². The lowest BCUT2D eigenvalue weighted by molar-refractivity contribution is -0.136. The molecule has 3 rings (SSSR count). The van der Waals surface area contributed by atoms with Crippen LogP contribution in [-0.4, -0.2) is 26.1 Å². The number of fused-ring (bicyclic) bond motifs is 1. The summed E-state index contributed by atoms with van der Waals surface area (Å²) in [4.78, 5) is 18.5. The predicted octanol–water partition coefficient (Wildman–Crippen LogP) is 3.56.